The van der Waals surface area contributed by atoms with Crippen molar-refractivity contribution in [3.8, 4) is 0 Å². The van der Waals surface area contributed by atoms with Gasteiger partial charge >= 0.3 is 17.9 Å². The molecule has 0 rings (SSSR count). The molecule has 0 N–H and O–H groups in total. The fourth-order valence-corrected chi connectivity index (χ4v) is 7.79. The van der Waals surface area contributed by atoms with Gasteiger partial charge in [0.25, 0.3) is 0 Å². The molecule has 6 nitrogen and oxygen atoms in total. The van der Waals surface area contributed by atoms with Crippen molar-refractivity contribution in [3.63, 3.8) is 0 Å². The van der Waals surface area contributed by atoms with Crippen LogP contribution in [0.2, 0.25) is 0 Å². The molecule has 0 saturated heterocycles. The SMILES string of the molecule is CCCCCCCC/C=C\C/C=C\CCC(=O)OCC(COC(=O)CCCCCCC/C=C\CCCCCCCCC)OC(=O)CCCCCCCCCCCCCCCCC. The fraction of sp³-hybridized carbons (Fsp3) is 0.839. The van der Waals surface area contributed by atoms with Gasteiger partial charge in [0.15, 0.2) is 6.10 Å². The molecule has 0 saturated carbocycles. The van der Waals surface area contributed by atoms with Crippen molar-refractivity contribution in [3.05, 3.63) is 36.5 Å². The second-order valence-corrected chi connectivity index (χ2v) is 18.1. The number of allylic oxidation sites excluding steroid dienone is 6. The van der Waals surface area contributed by atoms with Gasteiger partial charge in [-0.1, -0.05) is 237 Å². The van der Waals surface area contributed by atoms with Crippen LogP contribution in [-0.2, 0) is 28.6 Å². The Labute approximate surface area is 385 Å². The molecule has 0 bridgehead atoms. The molecule has 0 aliphatic rings. The molecule has 6 heteroatoms. The number of hydrogen-bond acceptors (Lipinski definition) is 6. The van der Waals surface area contributed by atoms with Crippen LogP contribution >= 0.6 is 0 Å². The molecule has 0 amide bonds. The van der Waals surface area contributed by atoms with Gasteiger partial charge in [0.1, 0.15) is 13.2 Å². The number of ether oxygens (including phenoxy) is 3. The second kappa shape index (κ2) is 51.3. The minimum atomic E-state index is -0.794. The third-order valence-corrected chi connectivity index (χ3v) is 11.9. The number of hydrogen-bond donors (Lipinski definition) is 0. The molecule has 0 radical (unpaired) electrons. The van der Waals surface area contributed by atoms with Crippen LogP contribution in [0.15, 0.2) is 36.5 Å². The first-order chi connectivity index (χ1) is 30.5. The van der Waals surface area contributed by atoms with Crippen molar-refractivity contribution in [2.45, 2.75) is 290 Å². The van der Waals surface area contributed by atoms with Crippen LogP contribution in [0.1, 0.15) is 284 Å². The zero-order chi connectivity index (χ0) is 45.1. The maximum atomic E-state index is 12.8. The molecule has 0 fully saturated rings. The standard InChI is InChI=1S/C56H102O6/c1-4-7-10-13-16-19-22-25-27-29-31-34-37-40-43-46-49-55(58)61-52-53(51-60-54(57)48-45-42-39-36-33-30-24-21-18-15-12-9-6-3)62-56(59)50-47-44-41-38-35-32-28-26-23-20-17-14-11-8-5-2/h27,29-30,33,39,42,53H,4-26,28,31-32,34-38,40-41,43-52H2,1-3H3/b29-27-,33-30-,42-39-. The van der Waals surface area contributed by atoms with Crippen LogP contribution in [0.25, 0.3) is 0 Å². The molecule has 0 aromatic carbocycles. The van der Waals surface area contributed by atoms with E-state index in [0.717, 1.165) is 57.8 Å². The molecule has 0 aromatic heterocycles. The first kappa shape index (κ1) is 59.6. The highest BCUT2D eigenvalue weighted by Gasteiger charge is 2.19. The highest BCUT2D eigenvalue weighted by atomic mass is 16.6. The molecular formula is C56H102O6. The quantitative estimate of drug-likeness (QED) is 0.0262. The molecule has 0 heterocycles. The van der Waals surface area contributed by atoms with E-state index in [1.165, 1.54) is 180 Å². The summed E-state index contributed by atoms with van der Waals surface area (Å²) in [7, 11) is 0. The number of carbonyl (C=O) groups excluding carboxylic acids is 3. The van der Waals surface area contributed by atoms with Crippen LogP contribution in [0.5, 0.6) is 0 Å². The van der Waals surface area contributed by atoms with Gasteiger partial charge in [-0.3, -0.25) is 14.4 Å². The van der Waals surface area contributed by atoms with Crippen LogP contribution in [-0.4, -0.2) is 37.2 Å². The van der Waals surface area contributed by atoms with Crippen molar-refractivity contribution in [1.29, 1.82) is 0 Å². The number of rotatable bonds is 49. The van der Waals surface area contributed by atoms with Crippen LogP contribution < -0.4 is 0 Å². The van der Waals surface area contributed by atoms with Crippen molar-refractivity contribution in [2.75, 3.05) is 13.2 Å². The highest BCUT2D eigenvalue weighted by molar-refractivity contribution is 5.71. The smallest absolute Gasteiger partial charge is 0.306 e. The van der Waals surface area contributed by atoms with Gasteiger partial charge in [-0.15, -0.1) is 0 Å². The minimum Gasteiger partial charge on any atom is -0.462 e. The Bertz CT molecular complexity index is 1050. The average Bonchev–Trinajstić information content (AvgIpc) is 3.27. The summed E-state index contributed by atoms with van der Waals surface area (Å²) in [5.74, 6) is -0.956. The Morgan fingerprint density at radius 2 is 0.613 bits per heavy atom. The molecule has 0 aromatic rings. The van der Waals surface area contributed by atoms with Crippen molar-refractivity contribution in [1.82, 2.24) is 0 Å². The monoisotopic (exact) mass is 871 g/mol. The first-order valence-electron chi connectivity index (χ1n) is 27.0. The highest BCUT2D eigenvalue weighted by Crippen LogP contribution is 2.16. The van der Waals surface area contributed by atoms with Crippen molar-refractivity contribution < 1.29 is 28.6 Å². The van der Waals surface area contributed by atoms with Crippen molar-refractivity contribution >= 4 is 17.9 Å². The minimum absolute atomic E-state index is 0.0904. The Morgan fingerprint density at radius 3 is 1.00 bits per heavy atom. The normalized spacial score (nSPS) is 12.2. The molecule has 0 spiro atoms. The first-order valence-corrected chi connectivity index (χ1v) is 27.0. The molecule has 0 aliphatic carbocycles. The van der Waals surface area contributed by atoms with Gasteiger partial charge in [-0.05, 0) is 64.2 Å². The van der Waals surface area contributed by atoms with Crippen LogP contribution in [0, 0.1) is 0 Å². The zero-order valence-corrected chi connectivity index (χ0v) is 41.4. The largest absolute Gasteiger partial charge is 0.462 e. The lowest BCUT2D eigenvalue weighted by Crippen LogP contribution is -2.30. The van der Waals surface area contributed by atoms with Crippen molar-refractivity contribution in [2.24, 2.45) is 0 Å². The van der Waals surface area contributed by atoms with Gasteiger partial charge in [-0.2, -0.15) is 0 Å². The lowest BCUT2D eigenvalue weighted by Gasteiger charge is -2.18. The van der Waals surface area contributed by atoms with Crippen LogP contribution in [0.4, 0.5) is 0 Å². The van der Waals surface area contributed by atoms with E-state index in [0.29, 0.717) is 19.3 Å². The summed E-state index contributed by atoms with van der Waals surface area (Å²) in [6.07, 6.45) is 60.0. The summed E-state index contributed by atoms with van der Waals surface area (Å²) in [6, 6.07) is 0. The topological polar surface area (TPSA) is 78.9 Å². The van der Waals surface area contributed by atoms with E-state index in [4.69, 9.17) is 14.2 Å². The van der Waals surface area contributed by atoms with Gasteiger partial charge in [0, 0.05) is 19.3 Å². The van der Waals surface area contributed by atoms with E-state index >= 15 is 0 Å². The van der Waals surface area contributed by atoms with Gasteiger partial charge in [-0.25, -0.2) is 0 Å². The van der Waals surface area contributed by atoms with Gasteiger partial charge in [0.05, 0.1) is 0 Å². The maximum absolute atomic E-state index is 12.8. The lowest BCUT2D eigenvalue weighted by molar-refractivity contribution is -0.166. The van der Waals surface area contributed by atoms with E-state index in [9.17, 15) is 14.4 Å². The molecule has 1 atom stereocenters. The molecule has 1 unspecified atom stereocenters. The molecule has 362 valence electrons. The molecular weight excluding hydrogens is 769 g/mol. The molecule has 0 aliphatic heterocycles. The third kappa shape index (κ3) is 48.7. The number of carbonyl (C=O) groups is 3. The van der Waals surface area contributed by atoms with E-state index in [-0.39, 0.29) is 37.5 Å². The Hall–Kier alpha value is -2.37. The van der Waals surface area contributed by atoms with E-state index in [1.54, 1.807) is 0 Å². The second-order valence-electron chi connectivity index (χ2n) is 18.1. The number of unbranched alkanes of at least 4 members (excludes halogenated alkanes) is 32. The van der Waals surface area contributed by atoms with E-state index in [2.05, 4.69) is 51.2 Å². The van der Waals surface area contributed by atoms with Gasteiger partial charge in [0.2, 0.25) is 0 Å². The van der Waals surface area contributed by atoms with E-state index < -0.39 is 6.10 Å². The Balaban J connectivity index is 4.41. The van der Waals surface area contributed by atoms with Crippen LogP contribution in [0.3, 0.4) is 0 Å². The predicted octanol–water partition coefficient (Wildman–Crippen LogP) is 17.7. The van der Waals surface area contributed by atoms with Gasteiger partial charge < -0.3 is 14.2 Å². The Kier molecular flexibility index (Phi) is 49.3. The predicted molar refractivity (Wildman–Crippen MR) is 266 cm³/mol. The third-order valence-electron chi connectivity index (χ3n) is 11.9. The number of esters is 3. The summed E-state index contributed by atoms with van der Waals surface area (Å²) >= 11 is 0. The lowest BCUT2D eigenvalue weighted by atomic mass is 10.0. The summed E-state index contributed by atoms with van der Waals surface area (Å²) in [6.45, 7) is 6.60. The average molecular weight is 871 g/mol. The summed E-state index contributed by atoms with van der Waals surface area (Å²) < 4.78 is 16.8. The fourth-order valence-electron chi connectivity index (χ4n) is 7.79. The zero-order valence-electron chi connectivity index (χ0n) is 41.4. The summed E-state index contributed by atoms with van der Waals surface area (Å²) in [5.41, 5.74) is 0. The summed E-state index contributed by atoms with van der Waals surface area (Å²) in [5, 5.41) is 0. The maximum Gasteiger partial charge on any atom is 0.306 e. The molecule has 62 heavy (non-hydrogen) atoms. The Morgan fingerprint density at radius 1 is 0.323 bits per heavy atom. The van der Waals surface area contributed by atoms with E-state index in [1.807, 2.05) is 6.08 Å². The summed E-state index contributed by atoms with van der Waals surface area (Å²) in [4.78, 5) is 38.0.